The summed E-state index contributed by atoms with van der Waals surface area (Å²) in [5, 5.41) is 11.5. The molecule has 2 aliphatic heterocycles. The molecule has 1 saturated carbocycles. The van der Waals surface area contributed by atoms with Gasteiger partial charge in [-0.1, -0.05) is 49.2 Å². The highest BCUT2D eigenvalue weighted by molar-refractivity contribution is 6.30. The molecule has 5 rings (SSSR count). The molecule has 0 radical (unpaired) electrons. The Kier molecular flexibility index (Phi) is 14.2. The first-order valence-electron chi connectivity index (χ1n) is 18.4. The van der Waals surface area contributed by atoms with Crippen molar-refractivity contribution in [3.05, 3.63) is 70.3 Å². The van der Waals surface area contributed by atoms with Crippen LogP contribution in [-0.4, -0.2) is 113 Å². The zero-order chi connectivity index (χ0) is 36.5. The topological polar surface area (TPSA) is 101 Å². The van der Waals surface area contributed by atoms with Crippen LogP contribution in [0.5, 0.6) is 5.75 Å². The van der Waals surface area contributed by atoms with Crippen LogP contribution in [0.25, 0.3) is 0 Å². The Morgan fingerprint density at radius 2 is 1.94 bits per heavy atom. The van der Waals surface area contributed by atoms with E-state index in [0.29, 0.717) is 49.8 Å². The third-order valence-corrected chi connectivity index (χ3v) is 11.1. The summed E-state index contributed by atoms with van der Waals surface area (Å²) in [5.41, 5.74) is 3.80. The summed E-state index contributed by atoms with van der Waals surface area (Å²) in [7, 11) is 4.87. The van der Waals surface area contributed by atoms with Crippen molar-refractivity contribution in [2.75, 3.05) is 78.6 Å². The maximum atomic E-state index is 12.3. The maximum absolute atomic E-state index is 12.3. The van der Waals surface area contributed by atoms with Crippen LogP contribution >= 0.6 is 11.6 Å². The molecule has 2 aromatic rings. The Hall–Kier alpha value is -3.15. The van der Waals surface area contributed by atoms with Crippen molar-refractivity contribution >= 4 is 29.2 Å². The standard InChI is InChI=1S/C40H56ClN3O7/c1-6-9-28-20-32(41)13-15-34(28)31-23-44(36-21-29(39(46)40(47)49-5)12-16-38(36)51-26-31)22-30-11-14-35(30)37(10-7-8-17-42(3)27(2)45)50-19-18-43-24-33(25-43)48-4/h7,10,12-13,15-16,20-21,30-31,33,35,37,39,46H,6,8-9,11,14,17-19,22-26H2,1-5H3/b10-7+. The zero-order valence-corrected chi connectivity index (χ0v) is 31.6. The number of hydrogen-bond acceptors (Lipinski definition) is 9. The fourth-order valence-corrected chi connectivity index (χ4v) is 7.63. The Labute approximate surface area is 308 Å². The molecular formula is C40H56ClN3O7. The van der Waals surface area contributed by atoms with Crippen molar-refractivity contribution in [2.24, 2.45) is 11.8 Å². The molecule has 0 spiro atoms. The van der Waals surface area contributed by atoms with E-state index in [4.69, 9.17) is 30.5 Å². The van der Waals surface area contributed by atoms with E-state index in [2.05, 4.69) is 41.0 Å². The van der Waals surface area contributed by atoms with E-state index in [-0.39, 0.29) is 17.9 Å². The summed E-state index contributed by atoms with van der Waals surface area (Å²) in [6, 6.07) is 11.6. The number of fused-ring (bicyclic) bond motifs is 1. The van der Waals surface area contributed by atoms with E-state index in [1.54, 1.807) is 25.0 Å². The monoisotopic (exact) mass is 725 g/mol. The number of halogens is 1. The fourth-order valence-electron chi connectivity index (χ4n) is 7.44. The van der Waals surface area contributed by atoms with Gasteiger partial charge in [-0.05, 0) is 78.5 Å². The second-order valence-electron chi connectivity index (χ2n) is 14.3. The van der Waals surface area contributed by atoms with Crippen LogP contribution in [0.1, 0.15) is 68.2 Å². The first-order valence-corrected chi connectivity index (χ1v) is 18.8. The summed E-state index contributed by atoms with van der Waals surface area (Å²) in [6.45, 7) is 9.77. The molecule has 1 aliphatic carbocycles. The minimum absolute atomic E-state index is 0.0516. The van der Waals surface area contributed by atoms with Crippen LogP contribution in [0.15, 0.2) is 48.6 Å². The highest BCUT2D eigenvalue weighted by atomic mass is 35.5. The average molecular weight is 726 g/mol. The highest BCUT2D eigenvalue weighted by Gasteiger charge is 2.39. The van der Waals surface area contributed by atoms with Gasteiger partial charge in [-0.25, -0.2) is 4.79 Å². The Balaban J connectivity index is 1.38. The first kappa shape index (κ1) is 39.1. The van der Waals surface area contributed by atoms with Gasteiger partial charge in [0.1, 0.15) is 5.75 Å². The van der Waals surface area contributed by atoms with Crippen LogP contribution in [0.4, 0.5) is 5.69 Å². The van der Waals surface area contributed by atoms with E-state index in [0.717, 1.165) is 74.7 Å². The Morgan fingerprint density at radius 1 is 1.14 bits per heavy atom. The predicted octanol–water partition coefficient (Wildman–Crippen LogP) is 5.65. The smallest absolute Gasteiger partial charge is 0.339 e. The van der Waals surface area contributed by atoms with E-state index in [1.165, 1.54) is 18.2 Å². The van der Waals surface area contributed by atoms with Gasteiger partial charge in [0.2, 0.25) is 5.91 Å². The Bertz CT molecular complexity index is 1500. The number of anilines is 1. The SMILES string of the molecule is CCCc1cc(Cl)ccc1C1COc2ccc(C(O)C(=O)OC)cc2N(CC2CCC2C(/C=C/CCN(C)C(C)=O)OCCN2CC(OC)C2)C1. The van der Waals surface area contributed by atoms with Crippen molar-refractivity contribution in [1.82, 2.24) is 9.80 Å². The summed E-state index contributed by atoms with van der Waals surface area (Å²) in [4.78, 5) is 30.6. The molecule has 0 bridgehead atoms. The maximum Gasteiger partial charge on any atom is 0.339 e. The fraction of sp³-hybridized carbons (Fsp3) is 0.600. The minimum Gasteiger partial charge on any atom is -0.491 e. The van der Waals surface area contributed by atoms with Crippen LogP contribution in [0, 0.1) is 11.8 Å². The second kappa shape index (κ2) is 18.6. The van der Waals surface area contributed by atoms with Crippen LogP contribution in [-0.2, 0) is 30.2 Å². The number of carbonyl (C=O) groups excluding carboxylic acids is 2. The number of esters is 1. The van der Waals surface area contributed by atoms with Crippen molar-refractivity contribution in [3.63, 3.8) is 0 Å². The van der Waals surface area contributed by atoms with E-state index >= 15 is 0 Å². The minimum atomic E-state index is -1.39. The number of carbonyl (C=O) groups is 2. The molecule has 2 heterocycles. The lowest BCUT2D eigenvalue weighted by Gasteiger charge is -2.44. The third kappa shape index (κ3) is 10.0. The number of nitrogens with zero attached hydrogens (tertiary/aromatic N) is 3. The third-order valence-electron chi connectivity index (χ3n) is 10.8. The molecule has 10 nitrogen and oxygen atoms in total. The van der Waals surface area contributed by atoms with Gasteiger partial charge in [0, 0.05) is 71.3 Å². The largest absolute Gasteiger partial charge is 0.491 e. The lowest BCUT2D eigenvalue weighted by Crippen LogP contribution is -2.53. The van der Waals surface area contributed by atoms with Gasteiger partial charge >= 0.3 is 5.97 Å². The summed E-state index contributed by atoms with van der Waals surface area (Å²) in [6.07, 6.45) is 8.05. The van der Waals surface area contributed by atoms with Gasteiger partial charge in [0.05, 0.1) is 38.2 Å². The summed E-state index contributed by atoms with van der Waals surface area (Å²) in [5.74, 6) is 0.837. The van der Waals surface area contributed by atoms with Crippen molar-refractivity contribution < 1.29 is 33.6 Å². The van der Waals surface area contributed by atoms with E-state index in [9.17, 15) is 14.7 Å². The van der Waals surface area contributed by atoms with E-state index in [1.807, 2.05) is 25.2 Å². The highest BCUT2D eigenvalue weighted by Crippen LogP contribution is 2.43. The molecule has 1 N–H and O–H groups in total. The van der Waals surface area contributed by atoms with Crippen molar-refractivity contribution in [2.45, 2.75) is 70.2 Å². The number of rotatable bonds is 17. The van der Waals surface area contributed by atoms with Crippen LogP contribution < -0.4 is 9.64 Å². The van der Waals surface area contributed by atoms with Crippen molar-refractivity contribution in [1.29, 1.82) is 0 Å². The summed E-state index contributed by atoms with van der Waals surface area (Å²) < 4.78 is 23.4. The molecule has 1 amide bonds. The lowest BCUT2D eigenvalue weighted by atomic mass is 9.70. The predicted molar refractivity (Wildman–Crippen MR) is 200 cm³/mol. The molecule has 5 unspecified atom stereocenters. The van der Waals surface area contributed by atoms with Gasteiger partial charge in [-0.15, -0.1) is 0 Å². The van der Waals surface area contributed by atoms with Crippen LogP contribution in [0.3, 0.4) is 0 Å². The average Bonchev–Trinajstić information content (AvgIpc) is 3.27. The number of ether oxygens (including phenoxy) is 4. The Morgan fingerprint density at radius 3 is 2.63 bits per heavy atom. The van der Waals surface area contributed by atoms with Gasteiger partial charge < -0.3 is 33.9 Å². The number of amides is 1. The van der Waals surface area contributed by atoms with Gasteiger partial charge in [-0.2, -0.15) is 0 Å². The van der Waals surface area contributed by atoms with E-state index < -0.39 is 12.1 Å². The molecule has 3 aliphatic rings. The molecule has 280 valence electrons. The zero-order valence-electron chi connectivity index (χ0n) is 30.9. The van der Waals surface area contributed by atoms with Crippen molar-refractivity contribution in [3.8, 4) is 5.75 Å². The quantitative estimate of drug-likeness (QED) is 0.164. The molecule has 5 atom stereocenters. The number of benzene rings is 2. The molecular weight excluding hydrogens is 670 g/mol. The molecule has 51 heavy (non-hydrogen) atoms. The number of methoxy groups -OCH3 is 2. The normalized spacial score (nSPS) is 21.9. The van der Waals surface area contributed by atoms with Gasteiger partial charge in [-0.3, -0.25) is 9.69 Å². The molecule has 1 saturated heterocycles. The second-order valence-corrected chi connectivity index (χ2v) is 14.7. The number of aryl methyl sites for hydroxylation is 1. The van der Waals surface area contributed by atoms with Gasteiger partial charge in [0.25, 0.3) is 0 Å². The lowest BCUT2D eigenvalue weighted by molar-refractivity contribution is -0.150. The number of aliphatic hydroxyl groups excluding tert-OH is 1. The molecule has 2 fully saturated rings. The molecule has 0 aromatic heterocycles. The number of likely N-dealkylation sites (tertiary alicyclic amines) is 1. The number of hydrogen-bond donors (Lipinski definition) is 1. The first-order chi connectivity index (χ1) is 24.6. The summed E-state index contributed by atoms with van der Waals surface area (Å²) >= 11 is 6.46. The number of aliphatic hydroxyl groups is 1. The van der Waals surface area contributed by atoms with Crippen LogP contribution in [0.2, 0.25) is 5.02 Å². The molecule has 11 heteroatoms. The molecule has 2 aromatic carbocycles. The van der Waals surface area contributed by atoms with Gasteiger partial charge in [0.15, 0.2) is 6.10 Å².